The normalized spacial score (nSPS) is 16.3. The Morgan fingerprint density at radius 3 is 2.81 bits per heavy atom. The van der Waals surface area contributed by atoms with Gasteiger partial charge >= 0.3 is 0 Å². The summed E-state index contributed by atoms with van der Waals surface area (Å²) in [5.41, 5.74) is 2.69. The molecule has 140 valence electrons. The molecular weight excluding hydrogens is 349 g/mol. The van der Waals surface area contributed by atoms with E-state index in [-0.39, 0.29) is 17.8 Å². The van der Waals surface area contributed by atoms with Crippen LogP contribution in [0, 0.1) is 5.82 Å². The minimum atomic E-state index is -0.284. The highest BCUT2D eigenvalue weighted by molar-refractivity contribution is 5.97. The van der Waals surface area contributed by atoms with Crippen molar-refractivity contribution in [2.75, 3.05) is 32.8 Å². The summed E-state index contributed by atoms with van der Waals surface area (Å²) in [6.07, 6.45) is 0. The van der Waals surface area contributed by atoms with Crippen LogP contribution in [0.5, 0.6) is 0 Å². The van der Waals surface area contributed by atoms with E-state index >= 15 is 0 Å². The number of aromatic amines is 1. The van der Waals surface area contributed by atoms with E-state index in [1.54, 1.807) is 24.3 Å². The van der Waals surface area contributed by atoms with Crippen LogP contribution in [0.3, 0.4) is 0 Å². The van der Waals surface area contributed by atoms with Gasteiger partial charge in [0.15, 0.2) is 0 Å². The van der Waals surface area contributed by atoms with Gasteiger partial charge in [0.1, 0.15) is 16.9 Å². The molecule has 3 aromatic rings. The highest BCUT2D eigenvalue weighted by Crippen LogP contribution is 2.22. The zero-order valence-electron chi connectivity index (χ0n) is 14.7. The van der Waals surface area contributed by atoms with Crippen LogP contribution >= 0.6 is 0 Å². The summed E-state index contributed by atoms with van der Waals surface area (Å²) in [5.74, 6) is -0.483. The van der Waals surface area contributed by atoms with Gasteiger partial charge in [0.05, 0.1) is 19.3 Å². The van der Waals surface area contributed by atoms with Crippen molar-refractivity contribution < 1.29 is 13.9 Å². The van der Waals surface area contributed by atoms with Crippen LogP contribution in [0.1, 0.15) is 22.0 Å². The van der Waals surface area contributed by atoms with Gasteiger partial charge in [-0.3, -0.25) is 9.69 Å². The van der Waals surface area contributed by atoms with Crippen LogP contribution in [-0.4, -0.2) is 59.1 Å². The largest absolute Gasteiger partial charge is 0.379 e. The fraction of sp³-hybridized carbons (Fsp3) is 0.316. The number of rotatable bonds is 5. The number of hydrogen-bond acceptors (Lipinski definition) is 5. The Hall–Kier alpha value is -2.84. The monoisotopic (exact) mass is 369 g/mol. The van der Waals surface area contributed by atoms with Gasteiger partial charge < -0.3 is 10.1 Å². The second kappa shape index (κ2) is 7.81. The lowest BCUT2D eigenvalue weighted by Gasteiger charge is -2.35. The second-order valence-electron chi connectivity index (χ2n) is 6.46. The second-order valence-corrected chi connectivity index (χ2v) is 6.46. The first kappa shape index (κ1) is 17.6. The van der Waals surface area contributed by atoms with E-state index in [4.69, 9.17) is 4.74 Å². The molecule has 1 aromatic heterocycles. The number of hydrogen-bond donors (Lipinski definition) is 2. The molecule has 0 spiro atoms. The van der Waals surface area contributed by atoms with Gasteiger partial charge in [-0.1, -0.05) is 12.1 Å². The summed E-state index contributed by atoms with van der Waals surface area (Å²) < 4.78 is 19.1. The van der Waals surface area contributed by atoms with Crippen molar-refractivity contribution in [2.45, 2.75) is 6.04 Å². The number of ether oxygens (including phenoxy) is 1. The number of H-pyrrole nitrogens is 1. The third kappa shape index (κ3) is 3.96. The van der Waals surface area contributed by atoms with Crippen molar-refractivity contribution >= 4 is 16.9 Å². The smallest absolute Gasteiger partial charge is 0.251 e. The molecule has 0 bridgehead atoms. The quantitative estimate of drug-likeness (QED) is 0.718. The van der Waals surface area contributed by atoms with Gasteiger partial charge in [-0.05, 0) is 35.9 Å². The van der Waals surface area contributed by atoms with Crippen LogP contribution in [-0.2, 0) is 4.74 Å². The number of nitrogens with zero attached hydrogens (tertiary/aromatic N) is 3. The minimum Gasteiger partial charge on any atom is -0.379 e. The van der Waals surface area contributed by atoms with Crippen molar-refractivity contribution in [1.29, 1.82) is 0 Å². The average Bonchev–Trinajstić information content (AvgIpc) is 3.17. The molecular formula is C19H20FN5O2. The summed E-state index contributed by atoms with van der Waals surface area (Å²) >= 11 is 0. The molecule has 1 saturated heterocycles. The molecule has 0 saturated carbocycles. The molecule has 2 heterocycles. The summed E-state index contributed by atoms with van der Waals surface area (Å²) in [7, 11) is 0. The number of halogens is 1. The SMILES string of the molecule is O=C(NC[C@@H](c1cccc(F)c1)N1CCOCC1)c1ccc2n[nH]nc2c1. The Morgan fingerprint density at radius 2 is 2.00 bits per heavy atom. The van der Waals surface area contributed by atoms with Gasteiger partial charge in [-0.25, -0.2) is 4.39 Å². The zero-order valence-corrected chi connectivity index (χ0v) is 14.7. The topological polar surface area (TPSA) is 83.1 Å². The average molecular weight is 369 g/mol. The fourth-order valence-electron chi connectivity index (χ4n) is 3.33. The van der Waals surface area contributed by atoms with E-state index in [0.29, 0.717) is 36.4 Å². The third-order valence-electron chi connectivity index (χ3n) is 4.75. The molecule has 0 aliphatic carbocycles. The third-order valence-corrected chi connectivity index (χ3v) is 4.75. The lowest BCUT2D eigenvalue weighted by atomic mass is 10.0. The Labute approximate surface area is 155 Å². The fourth-order valence-corrected chi connectivity index (χ4v) is 3.33. The first-order valence-electron chi connectivity index (χ1n) is 8.87. The summed E-state index contributed by atoms with van der Waals surface area (Å²) in [6, 6.07) is 11.6. The van der Waals surface area contributed by atoms with Crippen LogP contribution < -0.4 is 5.32 Å². The van der Waals surface area contributed by atoms with Crippen molar-refractivity contribution in [3.63, 3.8) is 0 Å². The van der Waals surface area contributed by atoms with E-state index in [2.05, 4.69) is 25.6 Å². The number of aromatic nitrogens is 3. The first-order chi connectivity index (χ1) is 13.2. The predicted molar refractivity (Wildman–Crippen MR) is 97.8 cm³/mol. The van der Waals surface area contributed by atoms with Gasteiger partial charge in [-0.15, -0.1) is 0 Å². The van der Waals surface area contributed by atoms with Crippen LogP contribution in [0.2, 0.25) is 0 Å². The summed E-state index contributed by atoms with van der Waals surface area (Å²) in [6.45, 7) is 3.11. The Kier molecular flexibility index (Phi) is 5.08. The molecule has 8 heteroatoms. The number of fused-ring (bicyclic) bond motifs is 1. The highest BCUT2D eigenvalue weighted by atomic mass is 19.1. The Morgan fingerprint density at radius 1 is 1.19 bits per heavy atom. The number of amides is 1. The van der Waals surface area contributed by atoms with Crippen molar-refractivity contribution in [2.24, 2.45) is 0 Å². The van der Waals surface area contributed by atoms with Gasteiger partial charge in [0.25, 0.3) is 5.91 Å². The molecule has 1 atom stereocenters. The van der Waals surface area contributed by atoms with Gasteiger partial charge in [0.2, 0.25) is 0 Å². The molecule has 4 rings (SSSR count). The van der Waals surface area contributed by atoms with E-state index < -0.39 is 0 Å². The first-order valence-corrected chi connectivity index (χ1v) is 8.87. The number of morpholine rings is 1. The minimum absolute atomic E-state index is 0.121. The molecule has 27 heavy (non-hydrogen) atoms. The standard InChI is InChI=1S/C19H20FN5O2/c20-15-3-1-2-13(10-15)18(25-6-8-27-9-7-25)12-21-19(26)14-4-5-16-17(11-14)23-24-22-16/h1-5,10-11,18H,6-9,12H2,(H,21,26)(H,22,23,24)/t18-/m0/s1. The van der Waals surface area contributed by atoms with E-state index in [9.17, 15) is 9.18 Å². The van der Waals surface area contributed by atoms with E-state index in [0.717, 1.165) is 18.7 Å². The van der Waals surface area contributed by atoms with Crippen molar-refractivity contribution in [3.8, 4) is 0 Å². The zero-order chi connectivity index (χ0) is 18.6. The van der Waals surface area contributed by atoms with Crippen molar-refractivity contribution in [3.05, 3.63) is 59.4 Å². The molecule has 0 radical (unpaired) electrons. The molecule has 1 aliphatic heterocycles. The van der Waals surface area contributed by atoms with E-state index in [1.165, 1.54) is 12.1 Å². The molecule has 7 nitrogen and oxygen atoms in total. The lowest BCUT2D eigenvalue weighted by Crippen LogP contribution is -2.43. The molecule has 1 amide bonds. The number of carbonyl (C=O) groups excluding carboxylic acids is 1. The summed E-state index contributed by atoms with van der Waals surface area (Å²) in [4.78, 5) is 14.8. The van der Waals surface area contributed by atoms with Crippen LogP contribution in [0.25, 0.3) is 11.0 Å². The number of benzene rings is 2. The van der Waals surface area contributed by atoms with Crippen LogP contribution in [0.4, 0.5) is 4.39 Å². The van der Waals surface area contributed by atoms with Crippen molar-refractivity contribution in [1.82, 2.24) is 25.6 Å². The maximum absolute atomic E-state index is 13.7. The number of carbonyl (C=O) groups is 1. The maximum atomic E-state index is 13.7. The maximum Gasteiger partial charge on any atom is 0.251 e. The predicted octanol–water partition coefficient (Wildman–Crippen LogP) is 1.90. The van der Waals surface area contributed by atoms with E-state index in [1.807, 2.05) is 6.07 Å². The van der Waals surface area contributed by atoms with Crippen LogP contribution in [0.15, 0.2) is 42.5 Å². The Bertz CT molecular complexity index is 939. The molecule has 1 aliphatic rings. The van der Waals surface area contributed by atoms with Gasteiger partial charge in [-0.2, -0.15) is 15.4 Å². The summed E-state index contributed by atoms with van der Waals surface area (Å²) in [5, 5.41) is 13.5. The highest BCUT2D eigenvalue weighted by Gasteiger charge is 2.24. The lowest BCUT2D eigenvalue weighted by molar-refractivity contribution is 0.0162. The van der Waals surface area contributed by atoms with Gasteiger partial charge in [0, 0.05) is 25.2 Å². The Balaban J connectivity index is 1.51. The molecule has 2 N–H and O–H groups in total. The number of nitrogens with one attached hydrogen (secondary N) is 2. The molecule has 2 aromatic carbocycles. The molecule has 0 unspecified atom stereocenters. The molecule has 1 fully saturated rings.